The maximum Gasteiger partial charge on any atom is 0.248 e. The quantitative estimate of drug-likeness (QED) is 0.672. The van der Waals surface area contributed by atoms with Gasteiger partial charge >= 0.3 is 0 Å². The molecule has 0 spiro atoms. The highest BCUT2D eigenvalue weighted by Crippen LogP contribution is 2.40. The van der Waals surface area contributed by atoms with Gasteiger partial charge in [-0.1, -0.05) is 6.42 Å². The lowest BCUT2D eigenvalue weighted by Gasteiger charge is -2.33. The van der Waals surface area contributed by atoms with Gasteiger partial charge in [-0.15, -0.1) is 0 Å². The van der Waals surface area contributed by atoms with Crippen LogP contribution in [0, 0.1) is 11.8 Å². The average Bonchev–Trinajstić information content (AvgIpc) is 1.99. The lowest BCUT2D eigenvalue weighted by atomic mass is 9.73. The molecule has 3 heteroatoms. The number of Topliss-reactive ketones (excluding diaryl/α,β-unsaturated/α-hetero) is 1. The van der Waals surface area contributed by atoms with E-state index in [2.05, 4.69) is 0 Å². The van der Waals surface area contributed by atoms with Crippen molar-refractivity contribution in [2.75, 3.05) is 0 Å². The summed E-state index contributed by atoms with van der Waals surface area (Å²) >= 11 is 0. The predicted octanol–water partition coefficient (Wildman–Crippen LogP) is 3.18. The van der Waals surface area contributed by atoms with Crippen LogP contribution in [0.2, 0.25) is 0 Å². The van der Waals surface area contributed by atoms with Crippen molar-refractivity contribution in [1.82, 2.24) is 0 Å². The van der Waals surface area contributed by atoms with Crippen LogP contribution in [-0.4, -0.2) is 11.7 Å². The molecule has 80 valence electrons. The summed E-state index contributed by atoms with van der Waals surface area (Å²) in [6, 6.07) is 0. The first-order chi connectivity index (χ1) is 6.58. The summed E-state index contributed by atoms with van der Waals surface area (Å²) in [7, 11) is 0. The van der Waals surface area contributed by atoms with Crippen LogP contribution < -0.4 is 0 Å². The molecule has 1 atom stereocenters. The number of rotatable bonds is 2. The maximum atomic E-state index is 13.0. The van der Waals surface area contributed by atoms with Crippen LogP contribution in [0.5, 0.6) is 0 Å². The van der Waals surface area contributed by atoms with Crippen LogP contribution in [-0.2, 0) is 4.79 Å². The number of alkyl halides is 2. The fourth-order valence-electron chi connectivity index (χ4n) is 2.44. The van der Waals surface area contributed by atoms with E-state index in [1.165, 1.54) is 0 Å². The molecule has 2 rings (SSSR count). The molecule has 1 nitrogen and oxygen atoms in total. The number of halogens is 2. The Morgan fingerprint density at radius 3 is 2.21 bits per heavy atom. The van der Waals surface area contributed by atoms with Crippen molar-refractivity contribution in [1.29, 1.82) is 0 Å². The van der Waals surface area contributed by atoms with Gasteiger partial charge in [0.2, 0.25) is 5.92 Å². The molecule has 0 saturated heterocycles. The SMILES string of the molecule is O=C(C1CCC1)C1CCCC(F)(F)C1. The fourth-order valence-corrected chi connectivity index (χ4v) is 2.44. The molecule has 0 aliphatic heterocycles. The highest BCUT2D eigenvalue weighted by atomic mass is 19.3. The van der Waals surface area contributed by atoms with Crippen molar-refractivity contribution in [3.63, 3.8) is 0 Å². The Bertz CT molecular complexity index is 233. The molecule has 14 heavy (non-hydrogen) atoms. The Morgan fingerprint density at radius 1 is 1.07 bits per heavy atom. The molecule has 2 aliphatic rings. The molecule has 2 fully saturated rings. The second kappa shape index (κ2) is 3.59. The summed E-state index contributed by atoms with van der Waals surface area (Å²) in [4.78, 5) is 11.7. The second-order valence-electron chi connectivity index (χ2n) is 4.68. The molecule has 1 unspecified atom stereocenters. The lowest BCUT2D eigenvalue weighted by molar-refractivity contribution is -0.136. The highest BCUT2D eigenvalue weighted by molar-refractivity contribution is 5.84. The third-order valence-electron chi connectivity index (χ3n) is 3.55. The fraction of sp³-hybridized carbons (Fsp3) is 0.909. The van der Waals surface area contributed by atoms with Gasteiger partial charge in [0, 0.05) is 24.7 Å². The minimum absolute atomic E-state index is 0.0263. The molecule has 0 aromatic heterocycles. The molecule has 2 saturated carbocycles. The van der Waals surface area contributed by atoms with E-state index in [4.69, 9.17) is 0 Å². The van der Waals surface area contributed by atoms with Gasteiger partial charge in [-0.25, -0.2) is 8.78 Å². The number of ketones is 1. The van der Waals surface area contributed by atoms with Crippen LogP contribution in [0.1, 0.15) is 44.9 Å². The van der Waals surface area contributed by atoms with E-state index in [0.29, 0.717) is 12.8 Å². The van der Waals surface area contributed by atoms with Crippen LogP contribution >= 0.6 is 0 Å². The molecule has 0 heterocycles. The summed E-state index contributed by atoms with van der Waals surface area (Å²) in [6.07, 6.45) is 3.94. The standard InChI is InChI=1S/C11H16F2O/c12-11(13)6-2-5-9(7-11)10(14)8-3-1-4-8/h8-9H,1-7H2. The van der Waals surface area contributed by atoms with Gasteiger partial charge in [0.25, 0.3) is 0 Å². The first-order valence-corrected chi connectivity index (χ1v) is 5.50. The third kappa shape index (κ3) is 1.96. The first-order valence-electron chi connectivity index (χ1n) is 5.50. The molecular formula is C11H16F2O. The molecule has 0 radical (unpaired) electrons. The average molecular weight is 202 g/mol. The molecule has 0 N–H and O–H groups in total. The van der Waals surface area contributed by atoms with Gasteiger partial charge in [-0.3, -0.25) is 4.79 Å². The van der Waals surface area contributed by atoms with E-state index in [0.717, 1.165) is 19.3 Å². The van der Waals surface area contributed by atoms with Gasteiger partial charge in [-0.2, -0.15) is 0 Å². The van der Waals surface area contributed by atoms with Crippen LogP contribution in [0.4, 0.5) is 8.78 Å². The molecule has 0 bridgehead atoms. The summed E-state index contributed by atoms with van der Waals surface area (Å²) in [5, 5.41) is 0. The third-order valence-corrected chi connectivity index (χ3v) is 3.55. The van der Waals surface area contributed by atoms with Crippen LogP contribution in [0.25, 0.3) is 0 Å². The monoisotopic (exact) mass is 202 g/mol. The van der Waals surface area contributed by atoms with Crippen molar-refractivity contribution in [2.45, 2.75) is 50.9 Å². The van der Waals surface area contributed by atoms with Crippen LogP contribution in [0.15, 0.2) is 0 Å². The molecule has 0 amide bonds. The van der Waals surface area contributed by atoms with Gasteiger partial charge in [0.1, 0.15) is 5.78 Å². The summed E-state index contributed by atoms with van der Waals surface area (Å²) in [6.45, 7) is 0. The van der Waals surface area contributed by atoms with Gasteiger partial charge in [0.15, 0.2) is 0 Å². The number of carbonyl (C=O) groups excluding carboxylic acids is 1. The Hall–Kier alpha value is -0.470. The summed E-state index contributed by atoms with van der Waals surface area (Å²) < 4.78 is 26.1. The van der Waals surface area contributed by atoms with E-state index >= 15 is 0 Å². The van der Waals surface area contributed by atoms with Crippen molar-refractivity contribution in [3.8, 4) is 0 Å². The molecular weight excluding hydrogens is 186 g/mol. The molecule has 2 aliphatic carbocycles. The highest BCUT2D eigenvalue weighted by Gasteiger charge is 2.41. The zero-order chi connectivity index (χ0) is 10.2. The van der Waals surface area contributed by atoms with Gasteiger partial charge in [0.05, 0.1) is 0 Å². The topological polar surface area (TPSA) is 17.1 Å². The van der Waals surface area contributed by atoms with E-state index in [1.54, 1.807) is 0 Å². The Morgan fingerprint density at radius 2 is 1.71 bits per heavy atom. The number of hydrogen-bond acceptors (Lipinski definition) is 1. The van der Waals surface area contributed by atoms with E-state index in [9.17, 15) is 13.6 Å². The van der Waals surface area contributed by atoms with E-state index < -0.39 is 5.92 Å². The number of hydrogen-bond donors (Lipinski definition) is 0. The van der Waals surface area contributed by atoms with Crippen LogP contribution in [0.3, 0.4) is 0 Å². The lowest BCUT2D eigenvalue weighted by Crippen LogP contribution is -2.35. The zero-order valence-electron chi connectivity index (χ0n) is 8.27. The van der Waals surface area contributed by atoms with Gasteiger partial charge in [-0.05, 0) is 25.7 Å². The van der Waals surface area contributed by atoms with E-state index in [1.807, 2.05) is 0 Å². The largest absolute Gasteiger partial charge is 0.299 e. The minimum Gasteiger partial charge on any atom is -0.299 e. The minimum atomic E-state index is -2.58. The molecule has 0 aromatic carbocycles. The zero-order valence-corrected chi connectivity index (χ0v) is 8.27. The van der Waals surface area contributed by atoms with Crippen molar-refractivity contribution in [2.24, 2.45) is 11.8 Å². The summed E-state index contributed by atoms with van der Waals surface area (Å²) in [5.74, 6) is -2.68. The predicted molar refractivity (Wildman–Crippen MR) is 49.3 cm³/mol. The first kappa shape index (κ1) is 10.1. The maximum absolute atomic E-state index is 13.0. The van der Waals surface area contributed by atoms with Crippen molar-refractivity contribution in [3.05, 3.63) is 0 Å². The molecule has 0 aromatic rings. The Balaban J connectivity index is 1.93. The van der Waals surface area contributed by atoms with E-state index in [-0.39, 0.29) is 30.5 Å². The normalized spacial score (nSPS) is 32.3. The van der Waals surface area contributed by atoms with Gasteiger partial charge < -0.3 is 0 Å². The van der Waals surface area contributed by atoms with Crippen molar-refractivity contribution >= 4 is 5.78 Å². The Labute approximate surface area is 82.9 Å². The smallest absolute Gasteiger partial charge is 0.248 e. The number of carbonyl (C=O) groups is 1. The van der Waals surface area contributed by atoms with Crippen molar-refractivity contribution < 1.29 is 13.6 Å². The summed E-state index contributed by atoms with van der Waals surface area (Å²) in [5.41, 5.74) is 0. The second-order valence-corrected chi connectivity index (χ2v) is 4.68. The Kier molecular flexibility index (Phi) is 2.58.